The van der Waals surface area contributed by atoms with Crippen LogP contribution in [0.2, 0.25) is 0 Å². The standard InChI is InChI=1S/C20H21N3OS3/c1-3-13-25-19-22-23-20(27-19)26-17(15-7-5-4-6-8-15)18(24)21-16-11-9-14(2)10-12-16/h4-12,17H,3,13H2,1-2H3,(H,21,24)/t17-/m1/s1. The van der Waals surface area contributed by atoms with Crippen molar-refractivity contribution in [3.05, 3.63) is 65.7 Å². The van der Waals surface area contributed by atoms with Crippen molar-refractivity contribution in [3.8, 4) is 0 Å². The van der Waals surface area contributed by atoms with Gasteiger partial charge in [-0.1, -0.05) is 89.8 Å². The minimum absolute atomic E-state index is 0.0620. The molecule has 0 aliphatic heterocycles. The second-order valence-electron chi connectivity index (χ2n) is 5.95. The lowest BCUT2D eigenvalue weighted by molar-refractivity contribution is -0.115. The summed E-state index contributed by atoms with van der Waals surface area (Å²) in [7, 11) is 0. The highest BCUT2D eigenvalue weighted by molar-refractivity contribution is 8.03. The van der Waals surface area contributed by atoms with Gasteiger partial charge in [0.05, 0.1) is 0 Å². The number of nitrogens with zero attached hydrogens (tertiary/aromatic N) is 2. The number of aromatic nitrogens is 2. The van der Waals surface area contributed by atoms with Crippen LogP contribution in [0.15, 0.2) is 63.3 Å². The van der Waals surface area contributed by atoms with E-state index in [4.69, 9.17) is 0 Å². The van der Waals surface area contributed by atoms with Crippen molar-refractivity contribution in [1.29, 1.82) is 0 Å². The van der Waals surface area contributed by atoms with Gasteiger partial charge < -0.3 is 5.32 Å². The zero-order valence-corrected chi connectivity index (χ0v) is 17.7. The number of nitrogens with one attached hydrogen (secondary N) is 1. The highest BCUT2D eigenvalue weighted by Crippen LogP contribution is 2.39. The molecule has 3 aromatic rings. The van der Waals surface area contributed by atoms with E-state index in [2.05, 4.69) is 22.4 Å². The Kier molecular flexibility index (Phi) is 7.32. The van der Waals surface area contributed by atoms with Crippen LogP contribution < -0.4 is 5.32 Å². The fourth-order valence-corrected chi connectivity index (χ4v) is 5.48. The summed E-state index contributed by atoms with van der Waals surface area (Å²) >= 11 is 4.70. The van der Waals surface area contributed by atoms with Crippen LogP contribution in [-0.4, -0.2) is 21.9 Å². The Morgan fingerprint density at radius 2 is 1.78 bits per heavy atom. The summed E-state index contributed by atoms with van der Waals surface area (Å²) in [6.45, 7) is 4.17. The Labute approximate surface area is 172 Å². The Bertz CT molecular complexity index is 866. The SMILES string of the molecule is CCCSc1nnc(S[C@@H](C(=O)Nc2ccc(C)cc2)c2ccccc2)s1. The van der Waals surface area contributed by atoms with Gasteiger partial charge in [-0.05, 0) is 31.0 Å². The third kappa shape index (κ3) is 5.82. The van der Waals surface area contributed by atoms with E-state index in [-0.39, 0.29) is 11.2 Å². The fourth-order valence-electron chi connectivity index (χ4n) is 2.34. The third-order valence-corrected chi connectivity index (χ3v) is 7.30. The molecule has 140 valence electrons. The first-order chi connectivity index (χ1) is 13.2. The van der Waals surface area contributed by atoms with Crippen LogP contribution >= 0.6 is 34.9 Å². The van der Waals surface area contributed by atoms with Gasteiger partial charge in [-0.25, -0.2) is 0 Å². The first-order valence-electron chi connectivity index (χ1n) is 8.71. The summed E-state index contributed by atoms with van der Waals surface area (Å²) < 4.78 is 1.76. The molecule has 27 heavy (non-hydrogen) atoms. The molecular formula is C20H21N3OS3. The van der Waals surface area contributed by atoms with E-state index < -0.39 is 0 Å². The molecule has 0 spiro atoms. The van der Waals surface area contributed by atoms with Crippen molar-refractivity contribution >= 4 is 46.5 Å². The number of hydrogen-bond acceptors (Lipinski definition) is 6. The van der Waals surface area contributed by atoms with E-state index in [1.165, 1.54) is 11.8 Å². The van der Waals surface area contributed by atoms with Gasteiger partial charge in [0.15, 0.2) is 8.68 Å². The number of carbonyl (C=O) groups excluding carboxylic acids is 1. The van der Waals surface area contributed by atoms with Crippen LogP contribution in [0.3, 0.4) is 0 Å². The maximum atomic E-state index is 13.0. The van der Waals surface area contributed by atoms with E-state index in [1.54, 1.807) is 23.1 Å². The molecule has 1 amide bonds. The zero-order chi connectivity index (χ0) is 19.1. The average molecular weight is 416 g/mol. The summed E-state index contributed by atoms with van der Waals surface area (Å²) in [4.78, 5) is 13.0. The van der Waals surface area contributed by atoms with E-state index in [1.807, 2.05) is 61.5 Å². The molecular weight excluding hydrogens is 394 g/mol. The first-order valence-corrected chi connectivity index (χ1v) is 11.4. The van der Waals surface area contributed by atoms with Gasteiger partial charge in [-0.2, -0.15) is 0 Å². The summed E-state index contributed by atoms with van der Waals surface area (Å²) in [5, 5.41) is 11.1. The molecule has 4 nitrogen and oxygen atoms in total. The Morgan fingerprint density at radius 1 is 1.07 bits per heavy atom. The minimum Gasteiger partial charge on any atom is -0.325 e. The monoisotopic (exact) mass is 415 g/mol. The molecule has 0 bridgehead atoms. The molecule has 1 atom stereocenters. The van der Waals surface area contributed by atoms with Gasteiger partial charge in [0.25, 0.3) is 0 Å². The number of rotatable bonds is 8. The molecule has 2 aromatic carbocycles. The van der Waals surface area contributed by atoms with Crippen LogP contribution in [0.5, 0.6) is 0 Å². The lowest BCUT2D eigenvalue weighted by Gasteiger charge is -2.15. The highest BCUT2D eigenvalue weighted by Gasteiger charge is 2.24. The predicted molar refractivity (Wildman–Crippen MR) is 116 cm³/mol. The number of anilines is 1. The van der Waals surface area contributed by atoms with Gasteiger partial charge >= 0.3 is 0 Å². The van der Waals surface area contributed by atoms with Crippen molar-refractivity contribution in [1.82, 2.24) is 10.2 Å². The van der Waals surface area contributed by atoms with Crippen LogP contribution in [-0.2, 0) is 4.79 Å². The van der Waals surface area contributed by atoms with E-state index in [9.17, 15) is 4.79 Å². The van der Waals surface area contributed by atoms with Gasteiger partial charge in [0.2, 0.25) is 5.91 Å². The molecule has 7 heteroatoms. The van der Waals surface area contributed by atoms with Gasteiger partial charge in [0.1, 0.15) is 5.25 Å². The predicted octanol–water partition coefficient (Wildman–Crippen LogP) is 5.82. The molecule has 1 heterocycles. The molecule has 3 rings (SSSR count). The Hall–Kier alpha value is -1.83. The van der Waals surface area contributed by atoms with Crippen molar-refractivity contribution < 1.29 is 4.79 Å². The van der Waals surface area contributed by atoms with Crippen molar-refractivity contribution in [2.24, 2.45) is 0 Å². The Morgan fingerprint density at radius 3 is 2.48 bits per heavy atom. The number of amides is 1. The summed E-state index contributed by atoms with van der Waals surface area (Å²) in [5.41, 5.74) is 2.90. The average Bonchev–Trinajstić information content (AvgIpc) is 3.14. The summed E-state index contributed by atoms with van der Waals surface area (Å²) in [6, 6.07) is 17.6. The van der Waals surface area contributed by atoms with E-state index in [0.29, 0.717) is 0 Å². The number of hydrogen-bond donors (Lipinski definition) is 1. The first kappa shape index (κ1) is 19.9. The second kappa shape index (κ2) is 9.92. The zero-order valence-electron chi connectivity index (χ0n) is 15.2. The second-order valence-corrected chi connectivity index (χ2v) is 9.62. The third-order valence-electron chi connectivity index (χ3n) is 3.70. The van der Waals surface area contributed by atoms with Crippen molar-refractivity contribution in [2.75, 3.05) is 11.1 Å². The van der Waals surface area contributed by atoms with E-state index in [0.717, 1.165) is 37.7 Å². The van der Waals surface area contributed by atoms with Crippen molar-refractivity contribution in [3.63, 3.8) is 0 Å². The fraction of sp³-hybridized carbons (Fsp3) is 0.250. The minimum atomic E-state index is -0.385. The number of benzene rings is 2. The van der Waals surface area contributed by atoms with Crippen molar-refractivity contribution in [2.45, 2.75) is 34.2 Å². The summed E-state index contributed by atoms with van der Waals surface area (Å²) in [6.07, 6.45) is 1.10. The number of aryl methyl sites for hydroxylation is 1. The van der Waals surface area contributed by atoms with Crippen LogP contribution in [0.1, 0.15) is 29.7 Å². The van der Waals surface area contributed by atoms with Gasteiger partial charge in [-0.3, -0.25) is 4.79 Å². The topological polar surface area (TPSA) is 54.9 Å². The lowest BCUT2D eigenvalue weighted by atomic mass is 10.1. The molecule has 0 fully saturated rings. The maximum absolute atomic E-state index is 13.0. The molecule has 0 aliphatic carbocycles. The van der Waals surface area contributed by atoms with Gasteiger partial charge in [0, 0.05) is 11.4 Å². The maximum Gasteiger partial charge on any atom is 0.242 e. The molecule has 0 saturated heterocycles. The smallest absolute Gasteiger partial charge is 0.242 e. The lowest BCUT2D eigenvalue weighted by Crippen LogP contribution is -2.19. The molecule has 0 unspecified atom stereocenters. The number of thioether (sulfide) groups is 2. The largest absolute Gasteiger partial charge is 0.325 e. The molecule has 0 aliphatic rings. The molecule has 0 saturated carbocycles. The highest BCUT2D eigenvalue weighted by atomic mass is 32.2. The van der Waals surface area contributed by atoms with Crippen LogP contribution in [0.4, 0.5) is 5.69 Å². The van der Waals surface area contributed by atoms with Crippen LogP contribution in [0.25, 0.3) is 0 Å². The van der Waals surface area contributed by atoms with Gasteiger partial charge in [-0.15, -0.1) is 10.2 Å². The Balaban J connectivity index is 1.77. The van der Waals surface area contributed by atoms with E-state index >= 15 is 0 Å². The molecule has 1 aromatic heterocycles. The quantitative estimate of drug-likeness (QED) is 0.470. The number of carbonyl (C=O) groups is 1. The normalized spacial score (nSPS) is 11.9. The molecule has 0 radical (unpaired) electrons. The van der Waals surface area contributed by atoms with Crippen LogP contribution in [0, 0.1) is 6.92 Å². The molecule has 1 N–H and O–H groups in total. The summed E-state index contributed by atoms with van der Waals surface area (Å²) in [5.74, 6) is 0.961.